The molecule has 0 nitrogen and oxygen atoms in total. The maximum atomic E-state index is 13.6. The summed E-state index contributed by atoms with van der Waals surface area (Å²) in [5, 5.41) is -0.296. The van der Waals surface area contributed by atoms with Crippen LogP contribution in [0.4, 0.5) is 13.2 Å². The smallest absolute Gasteiger partial charge is 0.123 e. The first-order chi connectivity index (χ1) is 13.1. The minimum atomic E-state index is -2.23. The topological polar surface area (TPSA) is 0 Å². The summed E-state index contributed by atoms with van der Waals surface area (Å²) in [5.74, 6) is -2.50. The van der Waals surface area contributed by atoms with Gasteiger partial charge in [0.2, 0.25) is 0 Å². The van der Waals surface area contributed by atoms with Gasteiger partial charge in [-0.1, -0.05) is 36.3 Å². The van der Waals surface area contributed by atoms with E-state index in [1.807, 2.05) is 0 Å². The van der Waals surface area contributed by atoms with E-state index in [1.54, 1.807) is 0 Å². The molecule has 0 heterocycles. The Morgan fingerprint density at radius 1 is 0.545 bits per heavy atom. The molecule has 0 amide bonds. The van der Waals surface area contributed by atoms with Gasteiger partial charge in [-0.3, -0.25) is 0 Å². The Morgan fingerprint density at radius 3 is 1.00 bits per heavy atom. The number of rotatable bonds is 3. The van der Waals surface area contributed by atoms with Crippen LogP contribution >= 0.6 is 7.92 Å². The highest BCUT2D eigenvalue weighted by atomic mass is 31.1. The molecule has 0 radical (unpaired) electrons. The molecule has 0 aliphatic heterocycles. The third-order valence-electron chi connectivity index (χ3n) is 2.75. The molecule has 22 heavy (non-hydrogen) atoms. The lowest BCUT2D eigenvalue weighted by Crippen LogP contribution is -2.20. The number of halogens is 3. The minimum absolute atomic E-state index is 0.0985. The summed E-state index contributed by atoms with van der Waals surface area (Å²) >= 11 is 0. The lowest BCUT2D eigenvalue weighted by molar-refractivity contribution is 0.628. The zero-order chi connectivity index (χ0) is 20.7. The van der Waals surface area contributed by atoms with Gasteiger partial charge in [-0.25, -0.2) is 13.2 Å². The van der Waals surface area contributed by atoms with Gasteiger partial charge in [-0.05, 0) is 60.2 Å². The Kier molecular flexibility index (Phi) is 2.62. The molecule has 0 aromatic heterocycles. The van der Waals surface area contributed by atoms with Gasteiger partial charge in [0, 0.05) is 0 Å². The van der Waals surface area contributed by atoms with Crippen molar-refractivity contribution >= 4 is 23.8 Å². The van der Waals surface area contributed by atoms with E-state index in [0.717, 1.165) is 36.4 Å². The van der Waals surface area contributed by atoms with Crippen LogP contribution in [0.15, 0.2) is 72.7 Å². The molecular weight excluding hydrogens is 304 g/mol. The molecule has 0 aliphatic rings. The molecule has 0 unspecified atom stereocenters. The van der Waals surface area contributed by atoms with Gasteiger partial charge in [0.1, 0.15) is 17.5 Å². The zero-order valence-electron chi connectivity index (χ0n) is 17.0. The second-order valence-electron chi connectivity index (χ2n) is 4.27. The SMILES string of the molecule is [2H]c1cc(F)cc([2H])c1P(c1c([2H])cc(F)cc1[2H])c1c([2H])cc(F)cc1[2H]. The van der Waals surface area contributed by atoms with Crippen LogP contribution in [0.1, 0.15) is 8.22 Å². The predicted molar refractivity (Wildman–Crippen MR) is 85.0 cm³/mol. The van der Waals surface area contributed by atoms with Gasteiger partial charge in [-0.2, -0.15) is 0 Å². The van der Waals surface area contributed by atoms with E-state index in [0.29, 0.717) is 0 Å². The Hall–Kier alpha value is -2.12. The van der Waals surface area contributed by atoms with Crippen molar-refractivity contribution in [3.63, 3.8) is 0 Å². The molecule has 0 atom stereocenters. The summed E-state index contributed by atoms with van der Waals surface area (Å²) in [6, 6.07) is 2.57. The quantitative estimate of drug-likeness (QED) is 0.642. The summed E-state index contributed by atoms with van der Waals surface area (Å²) < 4.78 is 89.5. The lowest BCUT2D eigenvalue weighted by Gasteiger charge is -2.19. The van der Waals surface area contributed by atoms with Gasteiger partial charge in [0.15, 0.2) is 0 Å². The Labute approximate surface area is 136 Å². The van der Waals surface area contributed by atoms with Gasteiger partial charge < -0.3 is 0 Å². The normalized spacial score (nSPS) is 14.7. The first kappa shape index (κ1) is 9.12. The van der Waals surface area contributed by atoms with Crippen molar-refractivity contribution in [1.29, 1.82) is 0 Å². The summed E-state index contributed by atoms with van der Waals surface area (Å²) in [7, 11) is -2.23. The zero-order valence-corrected chi connectivity index (χ0v) is 11.9. The third kappa shape index (κ3) is 3.20. The maximum Gasteiger partial charge on any atom is 0.123 e. The van der Waals surface area contributed by atoms with Crippen LogP contribution in [0.2, 0.25) is 0 Å². The second kappa shape index (κ2) is 6.33. The summed E-state index contributed by atoms with van der Waals surface area (Å²) in [4.78, 5) is 0. The minimum Gasteiger partial charge on any atom is -0.207 e. The van der Waals surface area contributed by atoms with Crippen molar-refractivity contribution in [2.24, 2.45) is 0 Å². The second-order valence-corrected chi connectivity index (χ2v) is 6.28. The van der Waals surface area contributed by atoms with Crippen molar-refractivity contribution in [3.05, 3.63) is 90.1 Å². The van der Waals surface area contributed by atoms with E-state index in [-0.39, 0.29) is 15.9 Å². The van der Waals surface area contributed by atoms with Crippen molar-refractivity contribution in [1.82, 2.24) is 0 Å². The van der Waals surface area contributed by atoms with Gasteiger partial charge in [-0.15, -0.1) is 0 Å². The monoisotopic (exact) mass is 322 g/mol. The Balaban J connectivity index is 2.45. The van der Waals surface area contributed by atoms with Crippen LogP contribution in [0, 0.1) is 17.5 Å². The van der Waals surface area contributed by atoms with Gasteiger partial charge in [0.25, 0.3) is 0 Å². The molecule has 3 aromatic rings. The molecule has 0 saturated heterocycles. The molecule has 0 aliphatic carbocycles. The fourth-order valence-electron chi connectivity index (χ4n) is 1.80. The molecule has 0 bridgehead atoms. The number of hydrogen-bond acceptors (Lipinski definition) is 0. The number of hydrogen-bond donors (Lipinski definition) is 0. The molecule has 4 heteroatoms. The van der Waals surface area contributed by atoms with E-state index < -0.39 is 61.6 Å². The van der Waals surface area contributed by atoms with E-state index >= 15 is 0 Å². The Morgan fingerprint density at radius 2 is 0.773 bits per heavy atom. The molecular formula is C18H12F3P. The van der Waals surface area contributed by atoms with Crippen molar-refractivity contribution in [3.8, 4) is 0 Å². The highest BCUT2D eigenvalue weighted by Gasteiger charge is 2.16. The molecule has 0 N–H and O–H groups in total. The highest BCUT2D eigenvalue weighted by Crippen LogP contribution is 2.32. The third-order valence-corrected chi connectivity index (χ3v) is 4.87. The lowest BCUT2D eigenvalue weighted by atomic mass is 10.3. The molecule has 110 valence electrons. The Bertz CT molecular complexity index is 883. The van der Waals surface area contributed by atoms with E-state index in [4.69, 9.17) is 8.22 Å². The van der Waals surface area contributed by atoms with Crippen LogP contribution in [0.5, 0.6) is 0 Å². The van der Waals surface area contributed by atoms with E-state index in [1.165, 1.54) is 0 Å². The summed E-state index contributed by atoms with van der Waals surface area (Å²) in [5.41, 5.74) is 0. The number of benzene rings is 3. The van der Waals surface area contributed by atoms with Crippen LogP contribution in [0.3, 0.4) is 0 Å². The van der Waals surface area contributed by atoms with Gasteiger partial charge in [0.05, 0.1) is 8.22 Å². The molecule has 3 aromatic carbocycles. The van der Waals surface area contributed by atoms with Crippen molar-refractivity contribution in [2.45, 2.75) is 0 Å². The van der Waals surface area contributed by atoms with Crippen molar-refractivity contribution < 1.29 is 21.4 Å². The predicted octanol–water partition coefficient (Wildman–Crippen LogP) is 3.86. The molecule has 0 spiro atoms. The van der Waals surface area contributed by atoms with Crippen molar-refractivity contribution in [2.75, 3.05) is 0 Å². The fraction of sp³-hybridized carbons (Fsp3) is 0. The van der Waals surface area contributed by atoms with E-state index in [2.05, 4.69) is 0 Å². The van der Waals surface area contributed by atoms with Gasteiger partial charge >= 0.3 is 0 Å². The fourth-order valence-corrected chi connectivity index (χ4v) is 3.63. The molecule has 3 rings (SSSR count). The van der Waals surface area contributed by atoms with Crippen LogP contribution < -0.4 is 15.9 Å². The average molecular weight is 322 g/mol. The van der Waals surface area contributed by atoms with Crippen LogP contribution in [-0.2, 0) is 0 Å². The van der Waals surface area contributed by atoms with E-state index in [9.17, 15) is 13.2 Å². The first-order valence-electron chi connectivity index (χ1n) is 9.20. The molecule has 0 saturated carbocycles. The standard InChI is InChI=1S/C18H12F3P/c19-13-1-7-16(8-2-13)22(17-9-3-14(20)4-10-17)18-11-5-15(21)6-12-18/h1-12H/i7D,8D,9D,10D,11D,12D. The summed E-state index contributed by atoms with van der Waals surface area (Å²) in [6.45, 7) is 0. The van der Waals surface area contributed by atoms with Crippen LogP contribution in [0.25, 0.3) is 0 Å². The molecule has 0 fully saturated rings. The first-order valence-corrected chi connectivity index (χ1v) is 7.54. The summed E-state index contributed by atoms with van der Waals surface area (Å²) in [6.07, 6.45) is 0. The largest absolute Gasteiger partial charge is 0.207 e. The average Bonchev–Trinajstić information content (AvgIpc) is 2.51. The highest BCUT2D eigenvalue weighted by molar-refractivity contribution is 7.79. The van der Waals surface area contributed by atoms with Crippen LogP contribution in [-0.4, -0.2) is 0 Å². The maximum absolute atomic E-state index is 13.6.